The van der Waals surface area contributed by atoms with Gasteiger partial charge in [-0.2, -0.15) is 0 Å². The van der Waals surface area contributed by atoms with Gasteiger partial charge in [-0.25, -0.2) is 8.42 Å². The molecule has 0 amide bonds. The molecule has 0 bridgehead atoms. The Morgan fingerprint density at radius 2 is 1.70 bits per heavy atom. The van der Waals surface area contributed by atoms with Crippen molar-refractivity contribution in [2.75, 3.05) is 10.5 Å². The summed E-state index contributed by atoms with van der Waals surface area (Å²) in [5, 5.41) is 7.45. The third kappa shape index (κ3) is 5.87. The number of amidine groups is 1. The van der Waals surface area contributed by atoms with E-state index in [9.17, 15) is 8.42 Å². The van der Waals surface area contributed by atoms with Crippen molar-refractivity contribution in [3.05, 3.63) is 86.8 Å². The van der Waals surface area contributed by atoms with Gasteiger partial charge in [0.25, 0.3) is 10.0 Å². The minimum atomic E-state index is -3.71. The van der Waals surface area contributed by atoms with Gasteiger partial charge >= 0.3 is 0 Å². The van der Waals surface area contributed by atoms with Crippen LogP contribution in [-0.4, -0.2) is 20.0 Å². The number of halogens is 2. The summed E-state index contributed by atoms with van der Waals surface area (Å²) in [6, 6.07) is 19.7. The van der Waals surface area contributed by atoms with Crippen molar-refractivity contribution in [3.8, 4) is 0 Å². The van der Waals surface area contributed by atoms with E-state index in [1.165, 1.54) is 0 Å². The number of benzene rings is 3. The van der Waals surface area contributed by atoms with E-state index in [2.05, 4.69) is 36.6 Å². The van der Waals surface area contributed by atoms with Crippen LogP contribution < -0.4 is 10.5 Å². The fourth-order valence-corrected chi connectivity index (χ4v) is 5.61. The van der Waals surface area contributed by atoms with Gasteiger partial charge in [0.15, 0.2) is 0 Å². The maximum atomic E-state index is 12.8. The van der Waals surface area contributed by atoms with Crippen LogP contribution in [0.4, 0.5) is 5.69 Å². The lowest BCUT2D eigenvalue weighted by Gasteiger charge is -2.13. The van der Waals surface area contributed by atoms with E-state index in [4.69, 9.17) is 11.1 Å². The first-order valence-corrected chi connectivity index (χ1v) is 12.9. The topological polar surface area (TPSA) is 96.0 Å². The summed E-state index contributed by atoms with van der Waals surface area (Å²) in [5.41, 5.74) is 7.86. The summed E-state index contributed by atoms with van der Waals surface area (Å²) in [6.45, 7) is 0. The summed E-state index contributed by atoms with van der Waals surface area (Å²) < 4.78 is 29.8. The van der Waals surface area contributed by atoms with Crippen LogP contribution in [0.2, 0.25) is 0 Å². The summed E-state index contributed by atoms with van der Waals surface area (Å²) >= 11 is 8.28. The Morgan fingerprint density at radius 1 is 1.00 bits per heavy atom. The van der Waals surface area contributed by atoms with Crippen LogP contribution in [0, 0.1) is 5.41 Å². The maximum Gasteiger partial charge on any atom is 0.261 e. The SMILES string of the molecule is N=C(N)c1ccc(CCSc2ccccc2NS(=O)(=O)c2ccc(Br)c(Br)c2)cc1. The Hall–Kier alpha value is -1.81. The van der Waals surface area contributed by atoms with Crippen molar-refractivity contribution in [2.45, 2.75) is 16.2 Å². The molecular weight excluding hydrogens is 550 g/mol. The molecule has 0 saturated carbocycles. The zero-order valence-electron chi connectivity index (χ0n) is 15.7. The van der Waals surface area contributed by atoms with E-state index in [1.807, 2.05) is 36.4 Å². The van der Waals surface area contributed by atoms with E-state index >= 15 is 0 Å². The molecule has 0 atom stereocenters. The fraction of sp³-hybridized carbons (Fsp3) is 0.0952. The second-order valence-electron chi connectivity index (χ2n) is 6.39. The van der Waals surface area contributed by atoms with Gasteiger partial charge in [-0.05, 0) is 74.2 Å². The highest BCUT2D eigenvalue weighted by molar-refractivity contribution is 9.13. The van der Waals surface area contributed by atoms with Crippen molar-refractivity contribution >= 4 is 65.2 Å². The number of hydrogen-bond acceptors (Lipinski definition) is 4. The largest absolute Gasteiger partial charge is 0.384 e. The number of sulfonamides is 1. The molecule has 0 heterocycles. The molecule has 0 aromatic heterocycles. The molecule has 3 aromatic carbocycles. The highest BCUT2D eigenvalue weighted by Crippen LogP contribution is 2.31. The van der Waals surface area contributed by atoms with Crippen LogP contribution in [0.25, 0.3) is 0 Å². The molecule has 0 aliphatic rings. The van der Waals surface area contributed by atoms with Crippen molar-refractivity contribution < 1.29 is 8.42 Å². The second kappa shape index (κ2) is 10.00. The predicted octanol–water partition coefficient (Wildman–Crippen LogP) is 5.63. The summed E-state index contributed by atoms with van der Waals surface area (Å²) in [7, 11) is -3.71. The lowest BCUT2D eigenvalue weighted by atomic mass is 10.1. The first kappa shape index (κ1) is 22.9. The standard InChI is InChI=1S/C21H19Br2N3O2S2/c22-17-10-9-16(13-18(17)23)30(27,28)26-19-3-1-2-4-20(19)29-12-11-14-5-7-15(8-6-14)21(24)25/h1-10,13,26H,11-12H2,(H3,24,25). The average molecular weight is 569 g/mol. The highest BCUT2D eigenvalue weighted by atomic mass is 79.9. The Kier molecular flexibility index (Phi) is 7.62. The predicted molar refractivity (Wildman–Crippen MR) is 131 cm³/mol. The highest BCUT2D eigenvalue weighted by Gasteiger charge is 2.17. The number of nitrogen functional groups attached to an aromatic ring is 1. The number of nitrogens with one attached hydrogen (secondary N) is 2. The van der Waals surface area contributed by atoms with Crippen molar-refractivity contribution in [2.24, 2.45) is 5.73 Å². The molecule has 0 spiro atoms. The van der Waals surface area contributed by atoms with Crippen LogP contribution in [0.15, 0.2) is 85.5 Å². The van der Waals surface area contributed by atoms with Gasteiger partial charge in [0, 0.05) is 25.2 Å². The molecule has 156 valence electrons. The monoisotopic (exact) mass is 567 g/mol. The molecule has 5 nitrogen and oxygen atoms in total. The van der Waals surface area contributed by atoms with Crippen molar-refractivity contribution in [1.82, 2.24) is 0 Å². The lowest BCUT2D eigenvalue weighted by molar-refractivity contribution is 0.601. The number of nitrogens with two attached hydrogens (primary N) is 1. The molecule has 3 aromatic rings. The minimum Gasteiger partial charge on any atom is -0.384 e. The van der Waals surface area contributed by atoms with Gasteiger partial charge in [-0.1, -0.05) is 36.4 Å². The maximum absolute atomic E-state index is 12.8. The van der Waals surface area contributed by atoms with E-state index in [0.717, 1.165) is 27.1 Å². The van der Waals surface area contributed by atoms with Crippen LogP contribution in [-0.2, 0) is 16.4 Å². The van der Waals surface area contributed by atoms with Crippen LogP contribution in [0.1, 0.15) is 11.1 Å². The molecule has 0 unspecified atom stereocenters. The lowest BCUT2D eigenvalue weighted by Crippen LogP contribution is -2.13. The number of para-hydroxylation sites is 1. The number of anilines is 1. The van der Waals surface area contributed by atoms with Gasteiger partial charge in [0.2, 0.25) is 0 Å². The average Bonchev–Trinajstić information content (AvgIpc) is 2.71. The van der Waals surface area contributed by atoms with Crippen molar-refractivity contribution in [3.63, 3.8) is 0 Å². The molecule has 0 radical (unpaired) electrons. The quantitative estimate of drug-likeness (QED) is 0.186. The van der Waals surface area contributed by atoms with E-state index in [-0.39, 0.29) is 10.7 Å². The first-order chi connectivity index (χ1) is 14.3. The second-order valence-corrected chi connectivity index (χ2v) is 10.9. The van der Waals surface area contributed by atoms with Gasteiger partial charge in [-0.15, -0.1) is 11.8 Å². The van der Waals surface area contributed by atoms with Gasteiger partial charge in [0.05, 0.1) is 10.6 Å². The fourth-order valence-electron chi connectivity index (χ4n) is 2.65. The van der Waals surface area contributed by atoms with E-state index < -0.39 is 10.0 Å². The smallest absolute Gasteiger partial charge is 0.261 e. The number of rotatable bonds is 8. The normalized spacial score (nSPS) is 11.3. The molecule has 0 saturated heterocycles. The Balaban J connectivity index is 1.69. The van der Waals surface area contributed by atoms with E-state index in [0.29, 0.717) is 15.7 Å². The zero-order chi connectivity index (χ0) is 21.7. The molecular formula is C21H19Br2N3O2S2. The minimum absolute atomic E-state index is 0.0509. The molecule has 0 aliphatic carbocycles. The third-order valence-electron chi connectivity index (χ3n) is 4.25. The van der Waals surface area contributed by atoms with Crippen LogP contribution >= 0.6 is 43.6 Å². The number of aryl methyl sites for hydroxylation is 1. The van der Waals surface area contributed by atoms with Gasteiger partial charge in [-0.3, -0.25) is 10.1 Å². The Bertz CT molecular complexity index is 1170. The summed E-state index contributed by atoms with van der Waals surface area (Å²) in [5.74, 6) is 0.831. The van der Waals surface area contributed by atoms with Crippen LogP contribution in [0.5, 0.6) is 0 Å². The van der Waals surface area contributed by atoms with E-state index in [1.54, 1.807) is 42.1 Å². The molecule has 3 rings (SSSR count). The molecule has 0 aliphatic heterocycles. The Labute approximate surface area is 197 Å². The Morgan fingerprint density at radius 3 is 2.37 bits per heavy atom. The molecule has 9 heteroatoms. The summed E-state index contributed by atoms with van der Waals surface area (Å²) in [4.78, 5) is 1.04. The molecule has 4 N–H and O–H groups in total. The number of hydrogen-bond donors (Lipinski definition) is 3. The van der Waals surface area contributed by atoms with Gasteiger partial charge < -0.3 is 5.73 Å². The third-order valence-corrected chi connectivity index (χ3v) is 8.56. The van der Waals surface area contributed by atoms with Crippen LogP contribution in [0.3, 0.4) is 0 Å². The summed E-state index contributed by atoms with van der Waals surface area (Å²) in [6.07, 6.45) is 0.809. The molecule has 30 heavy (non-hydrogen) atoms. The molecule has 0 fully saturated rings. The van der Waals surface area contributed by atoms with Gasteiger partial charge in [0.1, 0.15) is 5.84 Å². The zero-order valence-corrected chi connectivity index (χ0v) is 20.5. The first-order valence-electron chi connectivity index (χ1n) is 8.89. The van der Waals surface area contributed by atoms with Crippen molar-refractivity contribution in [1.29, 1.82) is 5.41 Å². The number of thioether (sulfide) groups is 1.